The molecule has 1 N–H and O–H groups in total. The average molecular weight is 456 g/mol. The molecule has 0 heterocycles. The fourth-order valence-electron chi connectivity index (χ4n) is 2.08. The molecule has 0 radical (unpaired) electrons. The maximum Gasteiger partial charge on any atom is 0.259 e. The second-order valence-electron chi connectivity index (χ2n) is 5.83. The zero-order valence-corrected chi connectivity index (χ0v) is 17.2. The van der Waals surface area contributed by atoms with Gasteiger partial charge in [-0.15, -0.1) is 0 Å². The molecule has 0 aliphatic rings. The van der Waals surface area contributed by atoms with Gasteiger partial charge in [-0.2, -0.15) is 5.10 Å². The fourth-order valence-corrected chi connectivity index (χ4v) is 2.66. The molecule has 9 heteroatoms. The highest BCUT2D eigenvalue weighted by Crippen LogP contribution is 2.36. The lowest BCUT2D eigenvalue weighted by atomic mass is 10.2. The van der Waals surface area contributed by atoms with E-state index in [1.54, 1.807) is 26.2 Å². The first kappa shape index (κ1) is 21.6. The number of halogens is 3. The Morgan fingerprint density at radius 2 is 2.00 bits per heavy atom. The number of hydrogen-bond donors (Lipinski definition) is 1. The third-order valence-corrected chi connectivity index (χ3v) is 4.09. The monoisotopic (exact) mass is 455 g/mol. The van der Waals surface area contributed by atoms with Gasteiger partial charge in [0.2, 0.25) is 0 Å². The van der Waals surface area contributed by atoms with Crippen LogP contribution in [0.2, 0.25) is 0 Å². The van der Waals surface area contributed by atoms with E-state index in [1.807, 2.05) is 6.92 Å². The maximum absolute atomic E-state index is 13.6. The summed E-state index contributed by atoms with van der Waals surface area (Å²) in [6.07, 6.45) is 1.45. The highest BCUT2D eigenvalue weighted by atomic mass is 79.9. The minimum atomic E-state index is -0.748. The van der Waals surface area contributed by atoms with Crippen LogP contribution in [0.1, 0.15) is 12.5 Å². The van der Waals surface area contributed by atoms with E-state index in [0.717, 1.165) is 12.1 Å². The Morgan fingerprint density at radius 3 is 2.64 bits per heavy atom. The molecule has 6 nitrogen and oxygen atoms in total. The molecule has 0 unspecified atom stereocenters. The number of likely N-dealkylation sites (N-methyl/N-ethyl adjacent to an activating group) is 1. The van der Waals surface area contributed by atoms with E-state index in [2.05, 4.69) is 26.5 Å². The number of carbonyl (C=O) groups excluding carboxylic acids is 1. The van der Waals surface area contributed by atoms with Crippen molar-refractivity contribution in [3.05, 3.63) is 52.0 Å². The number of anilines is 1. The Hall–Kier alpha value is -2.68. The lowest BCUT2D eigenvalue weighted by molar-refractivity contribution is -0.130. The van der Waals surface area contributed by atoms with E-state index in [-0.39, 0.29) is 18.2 Å². The van der Waals surface area contributed by atoms with Crippen molar-refractivity contribution in [3.63, 3.8) is 0 Å². The second-order valence-corrected chi connectivity index (χ2v) is 6.69. The Bertz CT molecular complexity index is 876. The van der Waals surface area contributed by atoms with Gasteiger partial charge in [0.05, 0.1) is 23.0 Å². The summed E-state index contributed by atoms with van der Waals surface area (Å²) in [6, 6.07) is 6.54. The Balaban J connectivity index is 2.17. The number of nitrogens with zero attached hydrogens (tertiary/aromatic N) is 2. The minimum Gasteiger partial charge on any atom is -0.490 e. The summed E-state index contributed by atoms with van der Waals surface area (Å²) >= 11 is 3.40. The SMILES string of the molecule is CCOc1cc(/C=N\Nc2ccc(F)cc2F)cc(Br)c1OCC(=O)N(C)C. The summed E-state index contributed by atoms with van der Waals surface area (Å²) in [6.45, 7) is 2.08. The molecule has 2 rings (SSSR count). The van der Waals surface area contributed by atoms with Gasteiger partial charge >= 0.3 is 0 Å². The van der Waals surface area contributed by atoms with E-state index < -0.39 is 11.6 Å². The molecule has 0 saturated carbocycles. The van der Waals surface area contributed by atoms with Crippen LogP contribution < -0.4 is 14.9 Å². The van der Waals surface area contributed by atoms with Gasteiger partial charge in [0.25, 0.3) is 5.91 Å². The Kier molecular flexibility index (Phi) is 7.74. The highest BCUT2D eigenvalue weighted by Gasteiger charge is 2.14. The first-order valence-corrected chi connectivity index (χ1v) is 9.14. The molecule has 0 fully saturated rings. The zero-order valence-electron chi connectivity index (χ0n) is 15.6. The van der Waals surface area contributed by atoms with Crippen LogP contribution in [0, 0.1) is 11.6 Å². The second kappa shape index (κ2) is 10.0. The first-order valence-electron chi connectivity index (χ1n) is 8.35. The zero-order chi connectivity index (χ0) is 20.7. The summed E-state index contributed by atoms with van der Waals surface area (Å²) in [5.41, 5.74) is 3.20. The topological polar surface area (TPSA) is 63.2 Å². The van der Waals surface area contributed by atoms with Crippen LogP contribution in [-0.4, -0.2) is 44.3 Å². The van der Waals surface area contributed by atoms with Crippen LogP contribution in [-0.2, 0) is 4.79 Å². The van der Waals surface area contributed by atoms with Crippen molar-refractivity contribution >= 4 is 33.7 Å². The molecule has 0 aliphatic carbocycles. The van der Waals surface area contributed by atoms with Crippen molar-refractivity contribution in [2.75, 3.05) is 32.7 Å². The normalized spacial score (nSPS) is 10.8. The van der Waals surface area contributed by atoms with Crippen LogP contribution in [0.3, 0.4) is 0 Å². The smallest absolute Gasteiger partial charge is 0.259 e. The van der Waals surface area contributed by atoms with Crippen molar-refractivity contribution < 1.29 is 23.0 Å². The van der Waals surface area contributed by atoms with Gasteiger partial charge in [0.1, 0.15) is 5.82 Å². The molecule has 2 aromatic carbocycles. The number of amides is 1. The molecule has 1 amide bonds. The quantitative estimate of drug-likeness (QED) is 0.481. The number of carbonyl (C=O) groups is 1. The number of hydrogen-bond acceptors (Lipinski definition) is 5. The van der Waals surface area contributed by atoms with E-state index in [1.165, 1.54) is 17.2 Å². The molecular formula is C19H20BrF2N3O3. The molecule has 0 aliphatic heterocycles. The van der Waals surface area contributed by atoms with E-state index in [9.17, 15) is 13.6 Å². The minimum absolute atomic E-state index is 0.0453. The van der Waals surface area contributed by atoms with Gasteiger partial charge in [0, 0.05) is 20.2 Å². The predicted molar refractivity (Wildman–Crippen MR) is 107 cm³/mol. The van der Waals surface area contributed by atoms with Crippen molar-refractivity contribution in [2.45, 2.75) is 6.92 Å². The molecule has 0 aromatic heterocycles. The van der Waals surface area contributed by atoms with Crippen LogP contribution in [0.25, 0.3) is 0 Å². The largest absolute Gasteiger partial charge is 0.490 e. The number of nitrogens with one attached hydrogen (secondary N) is 1. The van der Waals surface area contributed by atoms with Gasteiger partial charge in [-0.3, -0.25) is 10.2 Å². The maximum atomic E-state index is 13.6. The van der Waals surface area contributed by atoms with E-state index >= 15 is 0 Å². The van der Waals surface area contributed by atoms with Gasteiger partial charge in [-0.25, -0.2) is 8.78 Å². The summed E-state index contributed by atoms with van der Waals surface area (Å²) in [7, 11) is 3.28. The van der Waals surface area contributed by atoms with Crippen LogP contribution in [0.4, 0.5) is 14.5 Å². The number of rotatable bonds is 8. The number of benzene rings is 2. The summed E-state index contributed by atoms with van der Waals surface area (Å²) < 4.78 is 38.3. The van der Waals surface area contributed by atoms with E-state index in [4.69, 9.17) is 9.47 Å². The molecule has 150 valence electrons. The van der Waals surface area contributed by atoms with Crippen molar-refractivity contribution in [1.82, 2.24) is 4.90 Å². The summed E-state index contributed by atoms with van der Waals surface area (Å²) in [5.74, 6) is -0.779. The molecule has 28 heavy (non-hydrogen) atoms. The number of hydrazone groups is 1. The van der Waals surface area contributed by atoms with Crippen molar-refractivity contribution in [3.8, 4) is 11.5 Å². The van der Waals surface area contributed by atoms with Crippen LogP contribution >= 0.6 is 15.9 Å². The lowest BCUT2D eigenvalue weighted by Crippen LogP contribution is -2.27. The standard InChI is InChI=1S/C19H20BrF2N3O3/c1-4-27-17-8-12(7-14(20)19(17)28-11-18(26)25(2)3)10-23-24-16-6-5-13(21)9-15(16)22/h5-10,24H,4,11H2,1-3H3/b23-10-. The van der Waals surface area contributed by atoms with Gasteiger partial charge in [0.15, 0.2) is 23.9 Å². The van der Waals surface area contributed by atoms with Crippen LogP contribution in [0.15, 0.2) is 39.9 Å². The third-order valence-electron chi connectivity index (χ3n) is 3.50. The lowest BCUT2D eigenvalue weighted by Gasteiger charge is -2.16. The van der Waals surface area contributed by atoms with Gasteiger partial charge in [-0.05, 0) is 52.7 Å². The molecule has 0 atom stereocenters. The summed E-state index contributed by atoms with van der Waals surface area (Å²) in [4.78, 5) is 13.2. The summed E-state index contributed by atoms with van der Waals surface area (Å²) in [5, 5.41) is 3.96. The Morgan fingerprint density at radius 1 is 1.25 bits per heavy atom. The third kappa shape index (κ3) is 5.91. The molecule has 0 saturated heterocycles. The first-order chi connectivity index (χ1) is 13.3. The van der Waals surface area contributed by atoms with E-state index in [0.29, 0.717) is 28.1 Å². The highest BCUT2D eigenvalue weighted by molar-refractivity contribution is 9.10. The van der Waals surface area contributed by atoms with Crippen molar-refractivity contribution in [2.24, 2.45) is 5.10 Å². The van der Waals surface area contributed by atoms with Gasteiger partial charge in [-0.1, -0.05) is 0 Å². The molecule has 2 aromatic rings. The van der Waals surface area contributed by atoms with Crippen molar-refractivity contribution in [1.29, 1.82) is 0 Å². The number of ether oxygens (including phenoxy) is 2. The average Bonchev–Trinajstić information content (AvgIpc) is 2.62. The predicted octanol–water partition coefficient (Wildman–Crippen LogP) is 4.04. The van der Waals surface area contributed by atoms with Gasteiger partial charge < -0.3 is 14.4 Å². The molecular weight excluding hydrogens is 436 g/mol. The Labute approximate surface area is 170 Å². The van der Waals surface area contributed by atoms with Crippen LogP contribution in [0.5, 0.6) is 11.5 Å². The molecule has 0 spiro atoms. The fraction of sp³-hybridized carbons (Fsp3) is 0.263. The molecule has 0 bridgehead atoms.